The van der Waals surface area contributed by atoms with Crippen LogP contribution in [0.25, 0.3) is 0 Å². The highest BCUT2D eigenvalue weighted by Crippen LogP contribution is 2.37. The molecule has 0 atom stereocenters. The Balaban J connectivity index is 3.10. The fourth-order valence-electron chi connectivity index (χ4n) is 1.42. The summed E-state index contributed by atoms with van der Waals surface area (Å²) in [4.78, 5) is 4.48. The highest BCUT2D eigenvalue weighted by molar-refractivity contribution is 9.10. The van der Waals surface area contributed by atoms with Crippen LogP contribution in [0.1, 0.15) is 11.1 Å². The number of rotatable bonds is 4. The van der Waals surface area contributed by atoms with Crippen molar-refractivity contribution < 1.29 is 14.7 Å². The van der Waals surface area contributed by atoms with Crippen LogP contribution in [0.4, 0.5) is 0 Å². The van der Waals surface area contributed by atoms with E-state index in [9.17, 15) is 5.11 Å². The monoisotopic (exact) mass is 275 g/mol. The second kappa shape index (κ2) is 5.34. The number of methoxy groups -OCH3 is 1. The van der Waals surface area contributed by atoms with Crippen molar-refractivity contribution in [2.45, 2.75) is 13.3 Å². The first-order valence-corrected chi connectivity index (χ1v) is 5.27. The molecule has 15 heavy (non-hydrogen) atoms. The summed E-state index contributed by atoms with van der Waals surface area (Å²) < 4.78 is 5.97. The summed E-state index contributed by atoms with van der Waals surface area (Å²) in [5.74, 6) is 5.81. The highest BCUT2D eigenvalue weighted by atomic mass is 79.9. The van der Waals surface area contributed by atoms with Gasteiger partial charge < -0.3 is 14.7 Å². The average Bonchev–Trinajstić information content (AvgIpc) is 2.22. The molecule has 0 fully saturated rings. The number of hydrogen-bond acceptors (Lipinski definition) is 4. The number of nitrogens with two attached hydrogens (primary N) is 1. The molecule has 0 unspecified atom stereocenters. The van der Waals surface area contributed by atoms with Crippen molar-refractivity contribution >= 4 is 15.9 Å². The molecule has 1 aromatic rings. The molecule has 0 amide bonds. The number of benzene rings is 1. The van der Waals surface area contributed by atoms with Crippen LogP contribution in [0.15, 0.2) is 10.5 Å². The maximum Gasteiger partial charge on any atom is 0.139 e. The molecule has 0 bridgehead atoms. The first-order valence-electron chi connectivity index (χ1n) is 4.48. The van der Waals surface area contributed by atoms with E-state index in [-0.39, 0.29) is 5.75 Å². The summed E-state index contributed by atoms with van der Waals surface area (Å²) in [6.45, 7) is 2.16. The molecule has 0 saturated carbocycles. The third-order valence-corrected chi connectivity index (χ3v) is 2.80. The Hall–Kier alpha value is -0.780. The summed E-state index contributed by atoms with van der Waals surface area (Å²) in [7, 11) is 1.56. The zero-order valence-electron chi connectivity index (χ0n) is 8.71. The van der Waals surface area contributed by atoms with Gasteiger partial charge in [0.15, 0.2) is 0 Å². The third-order valence-electron chi connectivity index (χ3n) is 2.21. The summed E-state index contributed by atoms with van der Waals surface area (Å²) in [5.41, 5.74) is 1.49. The Kier molecular flexibility index (Phi) is 4.38. The molecule has 1 rings (SSSR count). The lowest BCUT2D eigenvalue weighted by Gasteiger charge is -2.12. The van der Waals surface area contributed by atoms with Crippen molar-refractivity contribution in [3.05, 3.63) is 21.7 Å². The van der Waals surface area contributed by atoms with Crippen molar-refractivity contribution in [2.24, 2.45) is 5.90 Å². The Morgan fingerprint density at radius 1 is 1.53 bits per heavy atom. The van der Waals surface area contributed by atoms with Crippen molar-refractivity contribution in [1.29, 1.82) is 0 Å². The molecular formula is C10H14BrNO3. The minimum Gasteiger partial charge on any atom is -0.507 e. The highest BCUT2D eigenvalue weighted by Gasteiger charge is 2.13. The Bertz CT molecular complexity index is 355. The third kappa shape index (κ3) is 2.62. The van der Waals surface area contributed by atoms with Gasteiger partial charge in [0, 0.05) is 12.0 Å². The van der Waals surface area contributed by atoms with E-state index < -0.39 is 0 Å². The van der Waals surface area contributed by atoms with Crippen molar-refractivity contribution in [1.82, 2.24) is 0 Å². The van der Waals surface area contributed by atoms with Crippen molar-refractivity contribution in [2.75, 3.05) is 13.7 Å². The van der Waals surface area contributed by atoms with Gasteiger partial charge in [0.1, 0.15) is 11.5 Å². The maximum atomic E-state index is 9.86. The van der Waals surface area contributed by atoms with Crippen LogP contribution < -0.4 is 10.6 Å². The van der Waals surface area contributed by atoms with Crippen LogP contribution in [0, 0.1) is 6.92 Å². The molecule has 3 N–H and O–H groups in total. The molecular weight excluding hydrogens is 262 g/mol. The number of aromatic hydroxyl groups is 1. The minimum atomic E-state index is 0.229. The largest absolute Gasteiger partial charge is 0.507 e. The Morgan fingerprint density at radius 3 is 2.73 bits per heavy atom. The van der Waals surface area contributed by atoms with Gasteiger partial charge >= 0.3 is 0 Å². The summed E-state index contributed by atoms with van der Waals surface area (Å²) in [5, 5.41) is 9.86. The van der Waals surface area contributed by atoms with Gasteiger partial charge in [-0.15, -0.1) is 0 Å². The van der Waals surface area contributed by atoms with Gasteiger partial charge in [-0.1, -0.05) is 0 Å². The minimum absolute atomic E-state index is 0.229. The van der Waals surface area contributed by atoms with E-state index in [1.54, 1.807) is 20.1 Å². The van der Waals surface area contributed by atoms with Gasteiger partial charge in [0.2, 0.25) is 0 Å². The van der Waals surface area contributed by atoms with Crippen LogP contribution in [-0.2, 0) is 11.3 Å². The van der Waals surface area contributed by atoms with E-state index in [1.165, 1.54) is 0 Å². The molecule has 0 aliphatic rings. The fourth-order valence-corrected chi connectivity index (χ4v) is 2.16. The van der Waals surface area contributed by atoms with Gasteiger partial charge in [-0.05, 0) is 34.5 Å². The number of phenols is 1. The number of halogens is 1. The first-order chi connectivity index (χ1) is 7.11. The molecule has 0 radical (unpaired) electrons. The van der Waals surface area contributed by atoms with E-state index in [4.69, 9.17) is 10.6 Å². The topological polar surface area (TPSA) is 64.7 Å². The lowest BCUT2D eigenvalue weighted by Crippen LogP contribution is -2.04. The summed E-state index contributed by atoms with van der Waals surface area (Å²) in [6.07, 6.45) is 0.561. The zero-order chi connectivity index (χ0) is 11.4. The van der Waals surface area contributed by atoms with E-state index in [0.29, 0.717) is 24.3 Å². The summed E-state index contributed by atoms with van der Waals surface area (Å²) in [6, 6.07) is 1.81. The molecule has 0 aromatic heterocycles. The normalized spacial score (nSPS) is 10.4. The van der Waals surface area contributed by atoms with E-state index >= 15 is 0 Å². The van der Waals surface area contributed by atoms with E-state index in [2.05, 4.69) is 20.8 Å². The molecule has 0 spiro atoms. The predicted octanol–water partition coefficient (Wildman–Crippen LogP) is 1.90. The second-order valence-electron chi connectivity index (χ2n) is 3.15. The van der Waals surface area contributed by atoms with Crippen molar-refractivity contribution in [3.8, 4) is 11.5 Å². The Morgan fingerprint density at radius 2 is 2.20 bits per heavy atom. The molecule has 4 nitrogen and oxygen atoms in total. The number of hydrogen-bond donors (Lipinski definition) is 2. The quantitative estimate of drug-likeness (QED) is 0.824. The SMILES string of the molecule is COc1c(Br)cc(CCON)c(O)c1C. The molecule has 0 saturated heterocycles. The van der Waals surface area contributed by atoms with Gasteiger partial charge in [0.05, 0.1) is 18.2 Å². The fraction of sp³-hybridized carbons (Fsp3) is 0.400. The van der Waals surface area contributed by atoms with Gasteiger partial charge in [-0.2, -0.15) is 0 Å². The van der Waals surface area contributed by atoms with Gasteiger partial charge in [0.25, 0.3) is 0 Å². The lowest BCUT2D eigenvalue weighted by molar-refractivity contribution is 0.140. The van der Waals surface area contributed by atoms with Crippen LogP contribution in [0.3, 0.4) is 0 Å². The molecule has 1 aromatic carbocycles. The van der Waals surface area contributed by atoms with Crippen molar-refractivity contribution in [3.63, 3.8) is 0 Å². The maximum absolute atomic E-state index is 9.86. The molecule has 84 valence electrons. The summed E-state index contributed by atoms with van der Waals surface area (Å²) >= 11 is 3.38. The van der Waals surface area contributed by atoms with E-state index in [1.807, 2.05) is 0 Å². The van der Waals surface area contributed by atoms with Crippen LogP contribution in [0.2, 0.25) is 0 Å². The lowest BCUT2D eigenvalue weighted by atomic mass is 10.1. The molecule has 0 heterocycles. The second-order valence-corrected chi connectivity index (χ2v) is 4.00. The molecule has 5 heteroatoms. The molecule has 0 aliphatic carbocycles. The Labute approximate surface area is 97.1 Å². The number of phenolic OH excluding ortho intramolecular Hbond substituents is 1. The predicted molar refractivity (Wildman–Crippen MR) is 60.9 cm³/mol. The average molecular weight is 276 g/mol. The zero-order valence-corrected chi connectivity index (χ0v) is 10.3. The van der Waals surface area contributed by atoms with Gasteiger partial charge in [-0.25, -0.2) is 5.90 Å². The van der Waals surface area contributed by atoms with E-state index in [0.717, 1.165) is 10.0 Å². The van der Waals surface area contributed by atoms with Crippen LogP contribution in [0.5, 0.6) is 11.5 Å². The number of ether oxygens (including phenoxy) is 1. The standard InChI is InChI=1S/C10H14BrNO3/c1-6-9(13)7(3-4-15-12)5-8(11)10(6)14-2/h5,13H,3-4,12H2,1-2H3. The smallest absolute Gasteiger partial charge is 0.139 e. The first kappa shape index (κ1) is 12.3. The van der Waals surface area contributed by atoms with Crippen LogP contribution in [-0.4, -0.2) is 18.8 Å². The van der Waals surface area contributed by atoms with Crippen LogP contribution >= 0.6 is 15.9 Å². The molecule has 0 aliphatic heterocycles. The van der Waals surface area contributed by atoms with Gasteiger partial charge in [-0.3, -0.25) is 0 Å².